The Morgan fingerprint density at radius 1 is 1.38 bits per heavy atom. The Labute approximate surface area is 158 Å². The van der Waals surface area contributed by atoms with Crippen molar-refractivity contribution in [3.8, 4) is 5.75 Å². The number of likely N-dealkylation sites (tertiary alicyclic amines) is 1. The van der Waals surface area contributed by atoms with Crippen molar-refractivity contribution >= 4 is 5.91 Å². The minimum Gasteiger partial charge on any atom is -0.508 e. The molecule has 0 radical (unpaired) electrons. The van der Waals surface area contributed by atoms with Gasteiger partial charge in [0, 0.05) is 23.9 Å². The molecule has 1 saturated heterocycles. The molecule has 2 rings (SSSR count). The standard InChI is InChI=1S/C22H36N2O2/c1-6-18-9-10-19(25)14-20(18)22(11-7-8-21(23)26)12-13-24(15(2)3)17(5)16(22)4/h9-10,14-17,25H,6-8,11-13H2,1-5H3,(H2,23,26)/t16-,17+,22+/m0/s1. The third-order valence-electron chi connectivity index (χ3n) is 6.65. The molecule has 4 nitrogen and oxygen atoms in total. The lowest BCUT2D eigenvalue weighted by Gasteiger charge is -2.53. The average Bonchev–Trinajstić information content (AvgIpc) is 2.58. The molecule has 0 bridgehead atoms. The fourth-order valence-corrected chi connectivity index (χ4v) is 5.02. The maximum absolute atomic E-state index is 11.3. The lowest BCUT2D eigenvalue weighted by atomic mass is 9.60. The zero-order valence-electron chi connectivity index (χ0n) is 17.1. The molecule has 1 heterocycles. The molecule has 3 N–H and O–H groups in total. The third kappa shape index (κ3) is 4.06. The molecule has 1 aromatic carbocycles. The number of nitrogens with zero attached hydrogens (tertiary/aromatic N) is 1. The van der Waals surface area contributed by atoms with Crippen LogP contribution >= 0.6 is 0 Å². The van der Waals surface area contributed by atoms with E-state index >= 15 is 0 Å². The largest absolute Gasteiger partial charge is 0.508 e. The first-order valence-electron chi connectivity index (χ1n) is 10.1. The van der Waals surface area contributed by atoms with Gasteiger partial charge in [0.05, 0.1) is 0 Å². The van der Waals surface area contributed by atoms with Gasteiger partial charge in [-0.25, -0.2) is 0 Å². The van der Waals surface area contributed by atoms with Crippen LogP contribution in [0, 0.1) is 5.92 Å². The van der Waals surface area contributed by atoms with Crippen LogP contribution < -0.4 is 5.73 Å². The number of amides is 1. The number of rotatable bonds is 7. The number of aromatic hydroxyl groups is 1. The second kappa shape index (κ2) is 8.43. The fourth-order valence-electron chi connectivity index (χ4n) is 5.02. The van der Waals surface area contributed by atoms with Gasteiger partial charge in [-0.05, 0) is 82.2 Å². The number of carbonyl (C=O) groups excluding carboxylic acids is 1. The molecule has 4 heteroatoms. The quantitative estimate of drug-likeness (QED) is 0.773. The summed E-state index contributed by atoms with van der Waals surface area (Å²) in [7, 11) is 0. The van der Waals surface area contributed by atoms with Crippen LogP contribution in [0.3, 0.4) is 0 Å². The smallest absolute Gasteiger partial charge is 0.217 e. The summed E-state index contributed by atoms with van der Waals surface area (Å²) >= 11 is 0. The van der Waals surface area contributed by atoms with E-state index < -0.39 is 0 Å². The normalized spacial score (nSPS) is 27.0. The molecule has 0 unspecified atom stereocenters. The molecule has 0 spiro atoms. The van der Waals surface area contributed by atoms with E-state index in [0.29, 0.717) is 30.2 Å². The minimum atomic E-state index is -0.230. The molecule has 1 aliphatic heterocycles. The van der Waals surface area contributed by atoms with Gasteiger partial charge >= 0.3 is 0 Å². The highest BCUT2D eigenvalue weighted by Crippen LogP contribution is 2.48. The van der Waals surface area contributed by atoms with Gasteiger partial charge in [-0.3, -0.25) is 9.69 Å². The van der Waals surface area contributed by atoms with E-state index in [1.807, 2.05) is 6.07 Å². The van der Waals surface area contributed by atoms with E-state index in [4.69, 9.17) is 5.73 Å². The van der Waals surface area contributed by atoms with Gasteiger partial charge in [0.2, 0.25) is 5.91 Å². The predicted molar refractivity (Wildman–Crippen MR) is 107 cm³/mol. The number of nitrogens with two attached hydrogens (primary N) is 1. The van der Waals surface area contributed by atoms with Crippen LogP contribution in [-0.4, -0.2) is 34.5 Å². The molecule has 0 aliphatic carbocycles. The van der Waals surface area contributed by atoms with Crippen LogP contribution in [0.2, 0.25) is 0 Å². The molecule has 1 aromatic rings. The van der Waals surface area contributed by atoms with Crippen molar-refractivity contribution < 1.29 is 9.90 Å². The van der Waals surface area contributed by atoms with Crippen molar-refractivity contribution in [2.75, 3.05) is 6.54 Å². The zero-order valence-corrected chi connectivity index (χ0v) is 17.1. The molecule has 1 fully saturated rings. The van der Waals surface area contributed by atoms with Gasteiger partial charge in [0.15, 0.2) is 0 Å². The number of hydrogen-bond acceptors (Lipinski definition) is 3. The van der Waals surface area contributed by atoms with E-state index in [-0.39, 0.29) is 11.3 Å². The Bertz CT molecular complexity index is 629. The Morgan fingerprint density at radius 3 is 2.65 bits per heavy atom. The Morgan fingerprint density at radius 2 is 2.08 bits per heavy atom. The number of phenols is 1. The number of primary amides is 1. The minimum absolute atomic E-state index is 0.0235. The van der Waals surface area contributed by atoms with E-state index in [2.05, 4.69) is 45.6 Å². The van der Waals surface area contributed by atoms with Crippen LogP contribution in [-0.2, 0) is 16.6 Å². The van der Waals surface area contributed by atoms with Gasteiger partial charge in [-0.15, -0.1) is 0 Å². The molecule has 3 atom stereocenters. The Hall–Kier alpha value is -1.55. The molecule has 0 saturated carbocycles. The van der Waals surface area contributed by atoms with Crippen molar-refractivity contribution in [3.63, 3.8) is 0 Å². The summed E-state index contributed by atoms with van der Waals surface area (Å²) in [5.74, 6) is 0.531. The van der Waals surface area contributed by atoms with Gasteiger partial charge in [0.25, 0.3) is 0 Å². The maximum Gasteiger partial charge on any atom is 0.217 e. The number of aryl methyl sites for hydroxylation is 1. The summed E-state index contributed by atoms with van der Waals surface area (Å²) in [4.78, 5) is 13.9. The lowest BCUT2D eigenvalue weighted by Crippen LogP contribution is -2.56. The van der Waals surface area contributed by atoms with Crippen molar-refractivity contribution in [3.05, 3.63) is 29.3 Å². The molecule has 146 valence electrons. The summed E-state index contributed by atoms with van der Waals surface area (Å²) in [5, 5.41) is 10.2. The summed E-state index contributed by atoms with van der Waals surface area (Å²) in [6.45, 7) is 12.4. The highest BCUT2D eigenvalue weighted by atomic mass is 16.3. The zero-order chi connectivity index (χ0) is 19.5. The van der Waals surface area contributed by atoms with Crippen LogP contribution in [0.5, 0.6) is 5.75 Å². The van der Waals surface area contributed by atoms with Gasteiger partial charge in [0.1, 0.15) is 5.75 Å². The maximum atomic E-state index is 11.3. The van der Waals surface area contributed by atoms with Crippen LogP contribution in [0.1, 0.15) is 71.4 Å². The van der Waals surface area contributed by atoms with Crippen LogP contribution in [0.25, 0.3) is 0 Å². The molecular formula is C22H36N2O2. The van der Waals surface area contributed by atoms with Gasteiger partial charge in [-0.1, -0.05) is 19.9 Å². The van der Waals surface area contributed by atoms with Crippen molar-refractivity contribution in [1.82, 2.24) is 4.90 Å². The van der Waals surface area contributed by atoms with E-state index in [1.165, 1.54) is 11.1 Å². The summed E-state index contributed by atoms with van der Waals surface area (Å²) in [5.41, 5.74) is 7.96. The summed E-state index contributed by atoms with van der Waals surface area (Å²) < 4.78 is 0. The topological polar surface area (TPSA) is 66.6 Å². The Balaban J connectivity index is 2.47. The highest BCUT2D eigenvalue weighted by molar-refractivity contribution is 5.73. The molecule has 0 aromatic heterocycles. The summed E-state index contributed by atoms with van der Waals surface area (Å²) in [6, 6.07) is 6.79. The SMILES string of the molecule is CCc1ccc(O)cc1[C@]1(CCCC(N)=O)CCN(C(C)C)[C@H](C)[C@@H]1C. The fraction of sp³-hybridized carbons (Fsp3) is 0.682. The second-order valence-corrected chi connectivity index (χ2v) is 8.28. The first kappa shape index (κ1) is 20.8. The molecular weight excluding hydrogens is 324 g/mol. The van der Waals surface area contributed by atoms with Crippen molar-refractivity contribution in [2.45, 2.75) is 84.2 Å². The summed E-state index contributed by atoms with van der Waals surface area (Å²) in [6.07, 6.45) is 4.15. The number of carbonyl (C=O) groups is 1. The van der Waals surface area contributed by atoms with Crippen LogP contribution in [0.4, 0.5) is 0 Å². The molecule has 1 amide bonds. The first-order valence-corrected chi connectivity index (χ1v) is 10.1. The predicted octanol–water partition coefficient (Wildman–Crippen LogP) is 3.99. The van der Waals surface area contributed by atoms with Crippen LogP contribution in [0.15, 0.2) is 18.2 Å². The molecule has 1 aliphatic rings. The molecule has 26 heavy (non-hydrogen) atoms. The highest BCUT2D eigenvalue weighted by Gasteiger charge is 2.46. The van der Waals surface area contributed by atoms with E-state index in [9.17, 15) is 9.90 Å². The second-order valence-electron chi connectivity index (χ2n) is 8.28. The van der Waals surface area contributed by atoms with Crippen molar-refractivity contribution in [2.24, 2.45) is 11.7 Å². The van der Waals surface area contributed by atoms with E-state index in [1.54, 1.807) is 6.07 Å². The lowest BCUT2D eigenvalue weighted by molar-refractivity contribution is -0.118. The van der Waals surface area contributed by atoms with Gasteiger partial charge < -0.3 is 10.8 Å². The van der Waals surface area contributed by atoms with E-state index in [0.717, 1.165) is 32.2 Å². The van der Waals surface area contributed by atoms with Gasteiger partial charge in [-0.2, -0.15) is 0 Å². The van der Waals surface area contributed by atoms with Crippen molar-refractivity contribution in [1.29, 1.82) is 0 Å². The first-order chi connectivity index (χ1) is 12.2. The average molecular weight is 361 g/mol. The number of piperidine rings is 1. The monoisotopic (exact) mass is 360 g/mol. The third-order valence-corrected chi connectivity index (χ3v) is 6.65. The number of phenolic OH excluding ortho intramolecular Hbond substituents is 1. The number of benzene rings is 1. The number of hydrogen-bond donors (Lipinski definition) is 2. The Kier molecular flexibility index (Phi) is 6.73.